The SMILES string of the molecule is CC(=O)c1ccc(O)c([N+](=O)[O-])c1.CC(C)[C@H](N)C(=O)NC(CC(=O)O)C(=O)CSCc1ccccc1. The van der Waals surface area contributed by atoms with Gasteiger partial charge in [-0.25, -0.2) is 0 Å². The molecule has 0 aliphatic heterocycles. The molecule has 11 nitrogen and oxygen atoms in total. The quantitative estimate of drug-likeness (QED) is 0.179. The Balaban J connectivity index is 0.000000442. The molecular weight excluding hydrogens is 502 g/mol. The van der Waals surface area contributed by atoms with Crippen LogP contribution in [0.4, 0.5) is 5.69 Å². The average Bonchev–Trinajstić information content (AvgIpc) is 2.83. The average molecular weight is 534 g/mol. The van der Waals surface area contributed by atoms with E-state index in [0.717, 1.165) is 17.7 Å². The molecule has 200 valence electrons. The molecule has 0 aliphatic carbocycles. The summed E-state index contributed by atoms with van der Waals surface area (Å²) in [7, 11) is 0. The van der Waals surface area contributed by atoms with Gasteiger partial charge in [-0.1, -0.05) is 44.2 Å². The van der Waals surface area contributed by atoms with Crippen molar-refractivity contribution in [3.05, 3.63) is 69.8 Å². The van der Waals surface area contributed by atoms with Crippen molar-refractivity contribution in [1.29, 1.82) is 0 Å². The summed E-state index contributed by atoms with van der Waals surface area (Å²) in [4.78, 5) is 55.6. The molecule has 0 saturated carbocycles. The summed E-state index contributed by atoms with van der Waals surface area (Å²) in [5, 5.41) is 30.8. The maximum absolute atomic E-state index is 12.3. The topological polar surface area (TPSA) is 190 Å². The van der Waals surface area contributed by atoms with E-state index >= 15 is 0 Å². The van der Waals surface area contributed by atoms with Gasteiger partial charge in [0.05, 0.1) is 29.2 Å². The number of thioether (sulfide) groups is 1. The molecule has 0 aliphatic rings. The number of aromatic hydroxyl groups is 1. The van der Waals surface area contributed by atoms with Gasteiger partial charge in [0.2, 0.25) is 5.91 Å². The highest BCUT2D eigenvalue weighted by molar-refractivity contribution is 7.99. The monoisotopic (exact) mass is 533 g/mol. The minimum absolute atomic E-state index is 0.0990. The van der Waals surface area contributed by atoms with Crippen LogP contribution in [0.15, 0.2) is 48.5 Å². The van der Waals surface area contributed by atoms with Crippen molar-refractivity contribution in [3.8, 4) is 5.75 Å². The predicted octanol–water partition coefficient (Wildman–Crippen LogP) is 2.93. The van der Waals surface area contributed by atoms with Crippen molar-refractivity contribution in [3.63, 3.8) is 0 Å². The maximum atomic E-state index is 12.3. The van der Waals surface area contributed by atoms with Crippen LogP contribution in [0.25, 0.3) is 0 Å². The number of hydrogen-bond acceptors (Lipinski definition) is 9. The molecule has 1 amide bonds. The number of nitrogens with zero attached hydrogens (tertiary/aromatic N) is 1. The Morgan fingerprint density at radius 1 is 1.11 bits per heavy atom. The van der Waals surface area contributed by atoms with Crippen molar-refractivity contribution in [1.82, 2.24) is 5.32 Å². The molecule has 0 saturated heterocycles. The number of benzene rings is 2. The number of nitro benzene ring substituents is 1. The first kappa shape index (κ1) is 31.3. The van der Waals surface area contributed by atoms with E-state index in [1.807, 2.05) is 30.3 Å². The van der Waals surface area contributed by atoms with Crippen LogP contribution in [0.5, 0.6) is 5.75 Å². The number of carboxylic acid groups (broad SMARTS) is 1. The van der Waals surface area contributed by atoms with Crippen molar-refractivity contribution in [2.24, 2.45) is 11.7 Å². The number of phenolic OH excluding ortho intramolecular Hbond substituents is 1. The van der Waals surface area contributed by atoms with Crippen molar-refractivity contribution < 1.29 is 34.3 Å². The number of hydrogen-bond donors (Lipinski definition) is 4. The molecular formula is C25H31N3O8S. The highest BCUT2D eigenvalue weighted by atomic mass is 32.2. The molecule has 0 fully saturated rings. The summed E-state index contributed by atoms with van der Waals surface area (Å²) >= 11 is 1.39. The molecule has 12 heteroatoms. The fourth-order valence-electron chi connectivity index (χ4n) is 2.82. The van der Waals surface area contributed by atoms with E-state index in [2.05, 4.69) is 5.32 Å². The molecule has 0 radical (unpaired) electrons. The Kier molecular flexibility index (Phi) is 13.0. The molecule has 5 N–H and O–H groups in total. The number of carbonyl (C=O) groups excluding carboxylic acids is 3. The predicted molar refractivity (Wildman–Crippen MR) is 139 cm³/mol. The van der Waals surface area contributed by atoms with E-state index in [-0.39, 0.29) is 28.8 Å². The van der Waals surface area contributed by atoms with Gasteiger partial charge in [-0.15, -0.1) is 11.8 Å². The van der Waals surface area contributed by atoms with Crippen molar-refractivity contribution in [2.45, 2.75) is 45.0 Å². The first-order valence-electron chi connectivity index (χ1n) is 11.2. The molecule has 2 atom stereocenters. The summed E-state index contributed by atoms with van der Waals surface area (Å²) in [6.07, 6.45) is -0.443. The molecule has 2 aromatic carbocycles. The maximum Gasteiger partial charge on any atom is 0.311 e. The number of nitro groups is 1. The van der Waals surface area contributed by atoms with Crippen LogP contribution in [-0.4, -0.2) is 56.4 Å². The Hall–Kier alpha value is -3.77. The van der Waals surface area contributed by atoms with Crippen LogP contribution >= 0.6 is 11.8 Å². The molecule has 0 aromatic heterocycles. The number of carbonyl (C=O) groups is 4. The van der Waals surface area contributed by atoms with E-state index in [4.69, 9.17) is 15.9 Å². The van der Waals surface area contributed by atoms with Gasteiger partial charge in [-0.2, -0.15) is 0 Å². The Bertz CT molecular complexity index is 1110. The van der Waals surface area contributed by atoms with Crippen LogP contribution in [0.1, 0.15) is 43.1 Å². The normalized spacial score (nSPS) is 12.0. The second-order valence-electron chi connectivity index (χ2n) is 8.39. The molecule has 2 aromatic rings. The van der Waals surface area contributed by atoms with E-state index < -0.39 is 46.7 Å². The Labute approximate surface area is 218 Å². The Morgan fingerprint density at radius 2 is 1.73 bits per heavy atom. The smallest absolute Gasteiger partial charge is 0.311 e. The standard InChI is InChI=1S/C17H24N2O4S.C8H7NO4/c1-11(2)16(18)17(23)19-13(8-15(21)22)14(20)10-24-9-12-6-4-3-5-7-12;1-5(10)6-2-3-8(11)7(4-6)9(12)13/h3-7,11,13,16H,8-10,18H2,1-2H3,(H,19,23)(H,21,22);2-4,11H,1H3/t13?,16-;/m0./s1. The summed E-state index contributed by atoms with van der Waals surface area (Å²) in [6.45, 7) is 4.87. The van der Waals surface area contributed by atoms with Gasteiger partial charge < -0.3 is 21.3 Å². The van der Waals surface area contributed by atoms with E-state index in [0.29, 0.717) is 5.75 Å². The molecule has 0 heterocycles. The number of nitrogens with two attached hydrogens (primary N) is 1. The highest BCUT2D eigenvalue weighted by Gasteiger charge is 2.26. The van der Waals surface area contributed by atoms with Gasteiger partial charge in [-0.3, -0.25) is 29.3 Å². The second kappa shape index (κ2) is 15.4. The zero-order chi connectivity index (χ0) is 28.1. The minimum Gasteiger partial charge on any atom is -0.502 e. The van der Waals surface area contributed by atoms with E-state index in [1.54, 1.807) is 13.8 Å². The van der Waals surface area contributed by atoms with Crippen LogP contribution in [0.2, 0.25) is 0 Å². The number of rotatable bonds is 12. The molecule has 0 bridgehead atoms. The Morgan fingerprint density at radius 3 is 2.24 bits per heavy atom. The number of carboxylic acids is 1. The fraction of sp³-hybridized carbons (Fsp3) is 0.360. The van der Waals surface area contributed by atoms with Gasteiger partial charge in [0.15, 0.2) is 17.3 Å². The first-order chi connectivity index (χ1) is 17.3. The molecule has 0 spiro atoms. The van der Waals surface area contributed by atoms with Gasteiger partial charge in [-0.05, 0) is 30.5 Å². The number of nitrogens with one attached hydrogen (secondary N) is 1. The van der Waals surface area contributed by atoms with E-state index in [9.17, 15) is 29.3 Å². The van der Waals surface area contributed by atoms with Crippen molar-refractivity contribution in [2.75, 3.05) is 5.75 Å². The number of phenols is 1. The zero-order valence-corrected chi connectivity index (χ0v) is 21.6. The fourth-order valence-corrected chi connectivity index (χ4v) is 3.76. The van der Waals surface area contributed by atoms with Gasteiger partial charge in [0.1, 0.15) is 0 Å². The van der Waals surface area contributed by atoms with Gasteiger partial charge in [0.25, 0.3) is 0 Å². The van der Waals surface area contributed by atoms with Gasteiger partial charge >= 0.3 is 11.7 Å². The van der Waals surface area contributed by atoms with Crippen molar-refractivity contribution >= 4 is 40.9 Å². The summed E-state index contributed by atoms with van der Waals surface area (Å²) in [5.74, 6) is -1.99. The number of amides is 1. The lowest BCUT2D eigenvalue weighted by Crippen LogP contribution is -2.51. The largest absolute Gasteiger partial charge is 0.502 e. The third kappa shape index (κ3) is 11.2. The minimum atomic E-state index is -1.14. The summed E-state index contributed by atoms with van der Waals surface area (Å²) < 4.78 is 0. The van der Waals surface area contributed by atoms with Crippen LogP contribution in [0.3, 0.4) is 0 Å². The number of ketones is 2. The van der Waals surface area contributed by atoms with Crippen LogP contribution in [-0.2, 0) is 20.1 Å². The zero-order valence-electron chi connectivity index (χ0n) is 20.7. The first-order valence-corrected chi connectivity index (χ1v) is 12.4. The lowest BCUT2D eigenvalue weighted by molar-refractivity contribution is -0.385. The summed E-state index contributed by atoms with van der Waals surface area (Å²) in [5.41, 5.74) is 6.58. The number of aliphatic carboxylic acids is 1. The molecule has 2 rings (SSSR count). The molecule has 37 heavy (non-hydrogen) atoms. The lowest BCUT2D eigenvalue weighted by Gasteiger charge is -2.20. The van der Waals surface area contributed by atoms with Crippen LogP contribution < -0.4 is 11.1 Å². The van der Waals surface area contributed by atoms with Crippen LogP contribution in [0, 0.1) is 16.0 Å². The number of Topliss-reactive ketones (excluding diaryl/α,β-unsaturated/α-hetero) is 2. The van der Waals surface area contributed by atoms with Gasteiger partial charge in [0, 0.05) is 17.4 Å². The van der Waals surface area contributed by atoms with E-state index in [1.165, 1.54) is 24.8 Å². The summed E-state index contributed by atoms with van der Waals surface area (Å²) in [6, 6.07) is 11.4. The third-order valence-corrected chi connectivity index (χ3v) is 6.07. The lowest BCUT2D eigenvalue weighted by atomic mass is 10.0. The third-order valence-electron chi connectivity index (χ3n) is 5.04. The highest BCUT2D eigenvalue weighted by Crippen LogP contribution is 2.26. The molecule has 1 unspecified atom stereocenters. The second-order valence-corrected chi connectivity index (χ2v) is 9.38.